The van der Waals surface area contributed by atoms with Crippen LogP contribution in [0.5, 0.6) is 5.75 Å². The first-order valence-electron chi connectivity index (χ1n) is 5.60. The molecular weight excluding hydrogens is 297 g/mol. The number of nitrogen functional groups attached to an aromatic ring is 1. The molecule has 0 spiro atoms. The van der Waals surface area contributed by atoms with Crippen LogP contribution >= 0.6 is 0 Å². The van der Waals surface area contributed by atoms with E-state index in [1.54, 1.807) is 24.3 Å². The van der Waals surface area contributed by atoms with Crippen LogP contribution in [0.1, 0.15) is 0 Å². The Kier molecular flexibility index (Phi) is 5.23. The topological polar surface area (TPSA) is 72.6 Å². The number of anilines is 1. The third-order valence-electron chi connectivity index (χ3n) is 2.39. The Morgan fingerprint density at radius 1 is 1.30 bits per heavy atom. The van der Waals surface area contributed by atoms with Gasteiger partial charge < -0.3 is 10.5 Å². The van der Waals surface area contributed by atoms with Gasteiger partial charge in [-0.15, -0.1) is 0 Å². The summed E-state index contributed by atoms with van der Waals surface area (Å²) in [4.78, 5) is 0. The van der Waals surface area contributed by atoms with Crippen molar-refractivity contribution in [1.29, 1.82) is 0 Å². The lowest BCUT2D eigenvalue weighted by Gasteiger charge is -2.18. The van der Waals surface area contributed by atoms with E-state index >= 15 is 0 Å². The third kappa shape index (κ3) is 5.25. The zero-order valence-corrected chi connectivity index (χ0v) is 11.5. The van der Waals surface area contributed by atoms with Gasteiger partial charge in [-0.1, -0.05) is 12.1 Å². The van der Waals surface area contributed by atoms with Crippen LogP contribution in [-0.4, -0.2) is 44.9 Å². The predicted molar refractivity (Wildman–Crippen MR) is 68.8 cm³/mol. The number of nitrogens with two attached hydrogens (primary N) is 1. The van der Waals surface area contributed by atoms with Gasteiger partial charge in [0.2, 0.25) is 10.0 Å². The highest BCUT2D eigenvalue weighted by Gasteiger charge is 2.33. The summed E-state index contributed by atoms with van der Waals surface area (Å²) in [7, 11) is -3.15. The number of sulfonamides is 1. The number of rotatable bonds is 6. The Labute approximate surface area is 115 Å². The molecule has 0 aliphatic heterocycles. The molecule has 1 aromatic carbocycles. The normalized spacial score (nSPS) is 12.7. The van der Waals surface area contributed by atoms with Gasteiger partial charge in [-0.25, -0.2) is 8.42 Å². The fraction of sp³-hybridized carbons (Fsp3) is 0.455. The van der Waals surface area contributed by atoms with E-state index in [0.29, 0.717) is 11.4 Å². The van der Waals surface area contributed by atoms with E-state index in [-0.39, 0.29) is 10.9 Å². The number of nitrogens with zero attached hydrogens (tertiary/aromatic N) is 1. The van der Waals surface area contributed by atoms with Crippen molar-refractivity contribution in [2.45, 2.75) is 6.18 Å². The molecular formula is C11H15F3N2O3S. The number of halogens is 3. The van der Waals surface area contributed by atoms with E-state index in [2.05, 4.69) is 0 Å². The van der Waals surface area contributed by atoms with Crippen molar-refractivity contribution in [2.24, 2.45) is 0 Å². The molecule has 5 nitrogen and oxygen atoms in total. The molecule has 0 aliphatic rings. The zero-order valence-electron chi connectivity index (χ0n) is 10.7. The Morgan fingerprint density at radius 3 is 2.45 bits per heavy atom. The number of para-hydroxylation sites is 2. The summed E-state index contributed by atoms with van der Waals surface area (Å²) in [6, 6.07) is 6.44. The minimum atomic E-state index is -4.58. The summed E-state index contributed by atoms with van der Waals surface area (Å²) in [6.07, 6.45) is -4.58. The standard InChI is InChI=1S/C11H15F3N2O3S/c1-16(8-11(12,13)14)20(17,18)7-6-19-10-5-3-2-4-9(10)15/h2-5H,6-8,15H2,1H3. The van der Waals surface area contributed by atoms with Crippen LogP contribution in [0.3, 0.4) is 0 Å². The van der Waals surface area contributed by atoms with E-state index in [4.69, 9.17) is 10.5 Å². The molecule has 0 aliphatic carbocycles. The van der Waals surface area contributed by atoms with E-state index in [1.165, 1.54) is 0 Å². The molecule has 0 saturated carbocycles. The smallest absolute Gasteiger partial charge is 0.402 e. The molecule has 0 bridgehead atoms. The van der Waals surface area contributed by atoms with Crippen molar-refractivity contribution >= 4 is 15.7 Å². The van der Waals surface area contributed by atoms with Gasteiger partial charge in [-0.2, -0.15) is 17.5 Å². The van der Waals surface area contributed by atoms with Crippen molar-refractivity contribution in [3.8, 4) is 5.75 Å². The maximum Gasteiger partial charge on any atom is 0.402 e. The van der Waals surface area contributed by atoms with Crippen LogP contribution in [0.4, 0.5) is 18.9 Å². The molecule has 0 atom stereocenters. The number of hydrogen-bond donors (Lipinski definition) is 1. The lowest BCUT2D eigenvalue weighted by Crippen LogP contribution is -2.38. The second-order valence-electron chi connectivity index (χ2n) is 4.07. The molecule has 1 aromatic rings. The average molecular weight is 312 g/mol. The predicted octanol–water partition coefficient (Wildman–Crippen LogP) is 1.47. The minimum Gasteiger partial charge on any atom is -0.490 e. The first kappa shape index (κ1) is 16.6. The maximum absolute atomic E-state index is 12.1. The van der Waals surface area contributed by atoms with Crippen LogP contribution in [0.2, 0.25) is 0 Å². The molecule has 0 fully saturated rings. The van der Waals surface area contributed by atoms with Gasteiger partial charge in [0, 0.05) is 7.05 Å². The molecule has 2 N–H and O–H groups in total. The van der Waals surface area contributed by atoms with Crippen LogP contribution in [0.25, 0.3) is 0 Å². The molecule has 0 unspecified atom stereocenters. The van der Waals surface area contributed by atoms with Gasteiger partial charge in [-0.05, 0) is 12.1 Å². The van der Waals surface area contributed by atoms with Crippen molar-refractivity contribution in [3.63, 3.8) is 0 Å². The van der Waals surface area contributed by atoms with E-state index in [0.717, 1.165) is 7.05 Å². The SMILES string of the molecule is CN(CC(F)(F)F)S(=O)(=O)CCOc1ccccc1N. The molecule has 20 heavy (non-hydrogen) atoms. The van der Waals surface area contributed by atoms with Gasteiger partial charge in [-0.3, -0.25) is 0 Å². The lowest BCUT2D eigenvalue weighted by atomic mass is 10.3. The lowest BCUT2D eigenvalue weighted by molar-refractivity contribution is -0.134. The van der Waals surface area contributed by atoms with Crippen LogP contribution in [-0.2, 0) is 10.0 Å². The summed E-state index contributed by atoms with van der Waals surface area (Å²) < 4.78 is 65.0. The van der Waals surface area contributed by atoms with Crippen molar-refractivity contribution in [2.75, 3.05) is 31.7 Å². The molecule has 0 heterocycles. The number of benzene rings is 1. The summed E-state index contributed by atoms with van der Waals surface area (Å²) in [5.41, 5.74) is 5.91. The zero-order chi connectivity index (χ0) is 15.4. The van der Waals surface area contributed by atoms with Gasteiger partial charge in [0.15, 0.2) is 0 Å². The largest absolute Gasteiger partial charge is 0.490 e. The average Bonchev–Trinajstić information content (AvgIpc) is 2.29. The highest BCUT2D eigenvalue weighted by Crippen LogP contribution is 2.20. The Hall–Kier alpha value is -1.48. The summed E-state index contributed by atoms with van der Waals surface area (Å²) in [5.74, 6) is -0.269. The van der Waals surface area contributed by atoms with Crippen LogP contribution < -0.4 is 10.5 Å². The Balaban J connectivity index is 2.54. The fourth-order valence-corrected chi connectivity index (χ4v) is 2.32. The highest BCUT2D eigenvalue weighted by atomic mass is 32.2. The first-order chi connectivity index (χ1) is 9.12. The highest BCUT2D eigenvalue weighted by molar-refractivity contribution is 7.89. The molecule has 0 saturated heterocycles. The summed E-state index contributed by atoms with van der Waals surface area (Å²) >= 11 is 0. The second kappa shape index (κ2) is 6.31. The molecule has 0 amide bonds. The van der Waals surface area contributed by atoms with Gasteiger partial charge >= 0.3 is 6.18 Å². The first-order valence-corrected chi connectivity index (χ1v) is 7.21. The van der Waals surface area contributed by atoms with E-state index in [9.17, 15) is 21.6 Å². The second-order valence-corrected chi connectivity index (χ2v) is 6.27. The number of ether oxygens (including phenoxy) is 1. The minimum absolute atomic E-state index is 0.255. The van der Waals surface area contributed by atoms with Crippen LogP contribution in [0.15, 0.2) is 24.3 Å². The summed E-state index contributed by atoms with van der Waals surface area (Å²) in [5, 5.41) is 0. The third-order valence-corrected chi connectivity index (χ3v) is 4.16. The Bertz CT molecular complexity index is 546. The monoisotopic (exact) mass is 312 g/mol. The van der Waals surface area contributed by atoms with Crippen molar-refractivity contribution in [1.82, 2.24) is 4.31 Å². The van der Waals surface area contributed by atoms with Crippen LogP contribution in [0, 0.1) is 0 Å². The molecule has 1 rings (SSSR count). The van der Waals surface area contributed by atoms with Crippen molar-refractivity contribution in [3.05, 3.63) is 24.3 Å². The molecule has 9 heteroatoms. The molecule has 0 aromatic heterocycles. The quantitative estimate of drug-likeness (QED) is 0.807. The molecule has 0 radical (unpaired) electrons. The van der Waals surface area contributed by atoms with E-state index in [1.807, 2.05) is 0 Å². The van der Waals surface area contributed by atoms with E-state index < -0.39 is 28.5 Å². The van der Waals surface area contributed by atoms with Gasteiger partial charge in [0.1, 0.15) is 18.9 Å². The Morgan fingerprint density at radius 2 is 1.90 bits per heavy atom. The van der Waals surface area contributed by atoms with Gasteiger partial charge in [0.05, 0.1) is 11.4 Å². The van der Waals surface area contributed by atoms with Crippen molar-refractivity contribution < 1.29 is 26.3 Å². The number of alkyl halides is 3. The number of hydrogen-bond acceptors (Lipinski definition) is 4. The van der Waals surface area contributed by atoms with Gasteiger partial charge in [0.25, 0.3) is 0 Å². The molecule has 114 valence electrons. The fourth-order valence-electron chi connectivity index (χ4n) is 1.38. The summed E-state index contributed by atoms with van der Waals surface area (Å²) in [6.45, 7) is -1.80. The maximum atomic E-state index is 12.1.